The Kier molecular flexibility index (Phi) is 1.71. The summed E-state index contributed by atoms with van der Waals surface area (Å²) in [4.78, 5) is 15.3. The first kappa shape index (κ1) is 7.00. The molecule has 2 rings (SSSR count). The van der Waals surface area contributed by atoms with Crippen molar-refractivity contribution in [2.24, 2.45) is 7.05 Å². The van der Waals surface area contributed by atoms with Crippen LogP contribution in [0.3, 0.4) is 0 Å². The minimum Gasteiger partial charge on any atom is -0.348 e. The second kappa shape index (κ2) is 3.66. The molecule has 0 saturated heterocycles. The van der Waals surface area contributed by atoms with Crippen molar-refractivity contribution in [1.82, 2.24) is 9.55 Å². The van der Waals surface area contributed by atoms with Crippen LogP contribution in [0.15, 0.2) is 22.9 Å². The van der Waals surface area contributed by atoms with E-state index in [9.17, 15) is 4.79 Å². The molecule has 5 heteroatoms. The third-order valence-corrected chi connectivity index (χ3v) is 2.70. The lowest BCUT2D eigenvalue weighted by Crippen LogP contribution is -2.07. The van der Waals surface area contributed by atoms with Gasteiger partial charge in [-0.15, -0.1) is 0 Å². The Morgan fingerprint density at radius 3 is 3.27 bits per heavy atom. The molecule has 0 spiro atoms. The van der Waals surface area contributed by atoms with E-state index in [0.29, 0.717) is 0 Å². The number of amides is 1. The number of nitrogens with one attached hydrogen (secondary N) is 1. The standard InChI is InChI=1S/C10H10BrN3O/c1-6(15)13-10-3-7-8(11)5-14(2)9(7)4-12-10/h3-5H,1-2H3,(H,12,13,15)/i1D3. The minimum atomic E-state index is -2.68. The zero-order valence-corrected chi connectivity index (χ0v) is 9.50. The first-order valence-electron chi connectivity index (χ1n) is 5.71. The number of anilines is 1. The maximum Gasteiger partial charge on any atom is 0.222 e. The van der Waals surface area contributed by atoms with Crippen LogP contribution in [0.2, 0.25) is 0 Å². The molecule has 0 bridgehead atoms. The van der Waals surface area contributed by atoms with Gasteiger partial charge in [-0.05, 0) is 22.0 Å². The highest BCUT2D eigenvalue weighted by Crippen LogP contribution is 2.26. The summed E-state index contributed by atoms with van der Waals surface area (Å²) in [6.07, 6.45) is 3.44. The van der Waals surface area contributed by atoms with Crippen LogP contribution in [-0.2, 0) is 11.8 Å². The van der Waals surface area contributed by atoms with E-state index in [1.807, 2.05) is 17.8 Å². The third kappa shape index (κ3) is 1.87. The van der Waals surface area contributed by atoms with Crippen molar-refractivity contribution in [3.63, 3.8) is 0 Å². The van der Waals surface area contributed by atoms with Crippen LogP contribution in [0.4, 0.5) is 5.82 Å². The van der Waals surface area contributed by atoms with Crippen LogP contribution in [0.25, 0.3) is 10.9 Å². The Bertz CT molecular complexity index is 621. The van der Waals surface area contributed by atoms with E-state index >= 15 is 0 Å². The van der Waals surface area contributed by atoms with Crippen molar-refractivity contribution in [3.05, 3.63) is 22.9 Å². The molecular formula is C10H10BrN3O. The molecule has 0 aliphatic carbocycles. The van der Waals surface area contributed by atoms with Crippen molar-refractivity contribution in [2.45, 2.75) is 6.85 Å². The average Bonchev–Trinajstić information content (AvgIpc) is 2.53. The summed E-state index contributed by atoms with van der Waals surface area (Å²) in [7, 11) is 1.87. The quantitative estimate of drug-likeness (QED) is 0.865. The Labute approximate surface area is 99.6 Å². The van der Waals surface area contributed by atoms with Gasteiger partial charge in [-0.25, -0.2) is 4.98 Å². The van der Waals surface area contributed by atoms with Crippen LogP contribution in [0.1, 0.15) is 11.0 Å². The van der Waals surface area contributed by atoms with Crippen LogP contribution in [0, 0.1) is 0 Å². The summed E-state index contributed by atoms with van der Waals surface area (Å²) in [5, 5.41) is 3.12. The van der Waals surface area contributed by atoms with Gasteiger partial charge in [0.2, 0.25) is 5.91 Å². The van der Waals surface area contributed by atoms with Crippen LogP contribution in [-0.4, -0.2) is 15.5 Å². The predicted octanol–water partition coefficient (Wildman–Crippen LogP) is 2.29. The van der Waals surface area contributed by atoms with E-state index in [-0.39, 0.29) is 5.82 Å². The van der Waals surface area contributed by atoms with Gasteiger partial charge >= 0.3 is 0 Å². The van der Waals surface area contributed by atoms with Gasteiger partial charge in [0.1, 0.15) is 5.82 Å². The highest BCUT2D eigenvalue weighted by molar-refractivity contribution is 9.10. The SMILES string of the molecule is [2H]C([2H])([2H])C(=O)Nc1cc2c(Br)cn(C)c2cn1. The fourth-order valence-corrected chi connectivity index (χ4v) is 2.04. The topological polar surface area (TPSA) is 46.9 Å². The lowest BCUT2D eigenvalue weighted by molar-refractivity contribution is -0.114. The second-order valence-corrected chi connectivity index (χ2v) is 3.98. The Hall–Kier alpha value is -1.36. The Balaban J connectivity index is 2.36. The van der Waals surface area contributed by atoms with Gasteiger partial charge in [0.05, 0.1) is 11.7 Å². The number of rotatable bonds is 1. The second-order valence-electron chi connectivity index (χ2n) is 3.13. The summed E-state index contributed by atoms with van der Waals surface area (Å²) >= 11 is 3.39. The molecule has 15 heavy (non-hydrogen) atoms. The smallest absolute Gasteiger partial charge is 0.222 e. The fraction of sp³-hybridized carbons (Fsp3) is 0.200. The van der Waals surface area contributed by atoms with Crippen LogP contribution >= 0.6 is 15.9 Å². The Morgan fingerprint density at radius 1 is 1.73 bits per heavy atom. The molecule has 1 N–H and O–H groups in total. The molecule has 0 fully saturated rings. The lowest BCUT2D eigenvalue weighted by Gasteiger charge is -2.01. The zero-order chi connectivity index (χ0) is 13.5. The number of carbonyl (C=O) groups is 1. The number of hydrogen-bond acceptors (Lipinski definition) is 2. The number of pyridine rings is 1. The maximum atomic E-state index is 11.3. The minimum absolute atomic E-state index is 0.218. The van der Waals surface area contributed by atoms with Crippen molar-refractivity contribution < 1.29 is 8.91 Å². The highest BCUT2D eigenvalue weighted by atomic mass is 79.9. The average molecular weight is 271 g/mol. The van der Waals surface area contributed by atoms with E-state index in [4.69, 9.17) is 4.11 Å². The molecule has 1 amide bonds. The van der Waals surface area contributed by atoms with Crippen molar-refractivity contribution >= 4 is 38.6 Å². The summed E-state index contributed by atoms with van der Waals surface area (Å²) < 4.78 is 23.7. The summed E-state index contributed by atoms with van der Waals surface area (Å²) in [5.74, 6) is -0.822. The molecule has 0 aromatic carbocycles. The first-order chi connectivity index (χ1) is 8.29. The Morgan fingerprint density at radius 2 is 2.53 bits per heavy atom. The number of aryl methyl sites for hydroxylation is 1. The summed E-state index contributed by atoms with van der Waals surface area (Å²) in [6.45, 7) is -2.68. The number of aromatic nitrogens is 2. The molecule has 0 saturated carbocycles. The molecule has 2 heterocycles. The normalized spacial score (nSPS) is 14.4. The lowest BCUT2D eigenvalue weighted by atomic mass is 10.3. The zero-order valence-electron chi connectivity index (χ0n) is 10.9. The molecule has 2 aromatic heterocycles. The van der Waals surface area contributed by atoms with E-state index < -0.39 is 12.8 Å². The van der Waals surface area contributed by atoms with Gasteiger partial charge in [-0.2, -0.15) is 0 Å². The van der Waals surface area contributed by atoms with Gasteiger partial charge in [0.25, 0.3) is 0 Å². The van der Waals surface area contributed by atoms with Gasteiger partial charge in [0, 0.05) is 34.1 Å². The molecule has 0 unspecified atom stereocenters. The summed E-state index contributed by atoms with van der Waals surface area (Å²) in [5.41, 5.74) is 0.883. The molecule has 0 radical (unpaired) electrons. The van der Waals surface area contributed by atoms with Crippen molar-refractivity contribution in [2.75, 3.05) is 5.32 Å². The maximum absolute atomic E-state index is 11.3. The number of carbonyl (C=O) groups excluding carboxylic acids is 1. The van der Waals surface area contributed by atoms with Crippen LogP contribution in [0.5, 0.6) is 0 Å². The molecular weight excluding hydrogens is 258 g/mol. The number of nitrogens with zero attached hydrogens (tertiary/aromatic N) is 2. The highest BCUT2D eigenvalue weighted by Gasteiger charge is 2.06. The molecule has 4 nitrogen and oxygen atoms in total. The molecule has 2 aromatic rings. The number of hydrogen-bond donors (Lipinski definition) is 1. The van der Waals surface area contributed by atoms with Gasteiger partial charge in [-0.3, -0.25) is 4.79 Å². The summed E-state index contributed by atoms with van der Waals surface area (Å²) in [6, 6.07) is 1.63. The van der Waals surface area contributed by atoms with E-state index in [1.165, 1.54) is 0 Å². The van der Waals surface area contributed by atoms with E-state index in [0.717, 1.165) is 15.4 Å². The molecule has 0 atom stereocenters. The third-order valence-electron chi connectivity index (χ3n) is 2.07. The van der Waals surface area contributed by atoms with Gasteiger partial charge in [0.15, 0.2) is 0 Å². The van der Waals surface area contributed by atoms with Crippen molar-refractivity contribution in [1.29, 1.82) is 0 Å². The monoisotopic (exact) mass is 270 g/mol. The predicted molar refractivity (Wildman–Crippen MR) is 62.7 cm³/mol. The van der Waals surface area contributed by atoms with E-state index in [2.05, 4.69) is 26.2 Å². The molecule has 0 aliphatic rings. The molecule has 0 aliphatic heterocycles. The van der Waals surface area contributed by atoms with Gasteiger partial charge in [-0.1, -0.05) is 0 Å². The van der Waals surface area contributed by atoms with Crippen LogP contribution < -0.4 is 5.32 Å². The van der Waals surface area contributed by atoms with Gasteiger partial charge < -0.3 is 9.88 Å². The number of halogens is 1. The fourth-order valence-electron chi connectivity index (χ4n) is 1.41. The largest absolute Gasteiger partial charge is 0.348 e. The number of fused-ring (bicyclic) bond motifs is 1. The first-order valence-corrected chi connectivity index (χ1v) is 5.00. The van der Waals surface area contributed by atoms with Crippen molar-refractivity contribution in [3.8, 4) is 0 Å². The molecule has 78 valence electrons. The van der Waals surface area contributed by atoms with E-state index in [1.54, 1.807) is 12.3 Å².